The van der Waals surface area contributed by atoms with Crippen molar-refractivity contribution >= 4 is 11.0 Å². The summed E-state index contributed by atoms with van der Waals surface area (Å²) in [6, 6.07) is 6.06. The molecule has 1 aliphatic heterocycles. The van der Waals surface area contributed by atoms with E-state index in [1.165, 1.54) is 19.3 Å². The lowest BCUT2D eigenvalue weighted by Gasteiger charge is -2.28. The minimum atomic E-state index is -0.412. The Labute approximate surface area is 113 Å². The third-order valence-electron chi connectivity index (χ3n) is 4.01. The first-order chi connectivity index (χ1) is 9.24. The predicted octanol–water partition coefficient (Wildman–Crippen LogP) is 2.09. The molecule has 4 heteroatoms. The number of hydrogen-bond acceptors (Lipinski definition) is 3. The van der Waals surface area contributed by atoms with Crippen LogP contribution in [0.15, 0.2) is 24.5 Å². The molecule has 1 aromatic heterocycles. The van der Waals surface area contributed by atoms with Crippen LogP contribution in [0, 0.1) is 0 Å². The molecule has 0 saturated carbocycles. The van der Waals surface area contributed by atoms with Crippen molar-refractivity contribution < 1.29 is 5.11 Å². The molecule has 0 aliphatic carbocycles. The van der Waals surface area contributed by atoms with Gasteiger partial charge in [0.1, 0.15) is 0 Å². The molecule has 1 fully saturated rings. The fourth-order valence-corrected chi connectivity index (χ4v) is 2.85. The summed E-state index contributed by atoms with van der Waals surface area (Å²) in [4.78, 5) is 6.70. The predicted molar refractivity (Wildman–Crippen MR) is 76.0 cm³/mol. The highest BCUT2D eigenvalue weighted by molar-refractivity contribution is 5.76. The molecule has 1 aromatic carbocycles. The van der Waals surface area contributed by atoms with Gasteiger partial charge in [-0.25, -0.2) is 4.98 Å². The first-order valence-corrected chi connectivity index (χ1v) is 7.05. The zero-order valence-electron chi connectivity index (χ0n) is 11.4. The summed E-state index contributed by atoms with van der Waals surface area (Å²) < 4.78 is 2.00. The maximum atomic E-state index is 10.4. The first kappa shape index (κ1) is 12.6. The normalized spacial score (nSPS) is 18.8. The monoisotopic (exact) mass is 259 g/mol. The van der Waals surface area contributed by atoms with E-state index in [2.05, 4.69) is 9.88 Å². The molecule has 1 atom stereocenters. The Bertz CT molecular complexity index is 558. The quantitative estimate of drug-likeness (QED) is 0.917. The van der Waals surface area contributed by atoms with E-state index in [0.717, 1.165) is 36.2 Å². The molecule has 2 aromatic rings. The van der Waals surface area contributed by atoms with Crippen LogP contribution in [-0.2, 0) is 7.05 Å². The van der Waals surface area contributed by atoms with Crippen LogP contribution in [0.1, 0.15) is 30.9 Å². The molecule has 1 aliphatic rings. The van der Waals surface area contributed by atoms with Gasteiger partial charge < -0.3 is 14.6 Å². The van der Waals surface area contributed by atoms with Crippen LogP contribution in [0.3, 0.4) is 0 Å². The van der Waals surface area contributed by atoms with Gasteiger partial charge in [-0.05, 0) is 43.6 Å². The van der Waals surface area contributed by atoms with Crippen molar-refractivity contribution in [1.29, 1.82) is 0 Å². The minimum Gasteiger partial charge on any atom is -0.387 e. The first-order valence-electron chi connectivity index (χ1n) is 7.05. The van der Waals surface area contributed by atoms with Crippen molar-refractivity contribution in [2.75, 3.05) is 19.6 Å². The maximum Gasteiger partial charge on any atom is 0.0955 e. The largest absolute Gasteiger partial charge is 0.387 e. The molecule has 102 valence electrons. The Morgan fingerprint density at radius 2 is 2.05 bits per heavy atom. The zero-order valence-corrected chi connectivity index (χ0v) is 11.4. The summed E-state index contributed by atoms with van der Waals surface area (Å²) >= 11 is 0. The molecule has 1 saturated heterocycles. The van der Waals surface area contributed by atoms with E-state index in [4.69, 9.17) is 0 Å². The van der Waals surface area contributed by atoms with Crippen LogP contribution in [0.4, 0.5) is 0 Å². The summed E-state index contributed by atoms with van der Waals surface area (Å²) in [7, 11) is 1.99. The Morgan fingerprint density at radius 3 is 2.84 bits per heavy atom. The van der Waals surface area contributed by atoms with Crippen LogP contribution in [-0.4, -0.2) is 39.2 Å². The summed E-state index contributed by atoms with van der Waals surface area (Å²) in [5.41, 5.74) is 3.03. The molecule has 1 unspecified atom stereocenters. The van der Waals surface area contributed by atoms with Gasteiger partial charge >= 0.3 is 0 Å². The van der Waals surface area contributed by atoms with Crippen LogP contribution in [0.2, 0.25) is 0 Å². The molecule has 0 spiro atoms. The number of likely N-dealkylation sites (tertiary alicyclic amines) is 1. The molecule has 0 radical (unpaired) electrons. The molecule has 19 heavy (non-hydrogen) atoms. The van der Waals surface area contributed by atoms with Crippen molar-refractivity contribution in [2.24, 2.45) is 7.05 Å². The van der Waals surface area contributed by atoms with Gasteiger partial charge in [0.25, 0.3) is 0 Å². The zero-order chi connectivity index (χ0) is 13.2. The molecule has 0 amide bonds. The van der Waals surface area contributed by atoms with E-state index >= 15 is 0 Å². The fourth-order valence-electron chi connectivity index (χ4n) is 2.85. The summed E-state index contributed by atoms with van der Waals surface area (Å²) in [6.45, 7) is 2.96. The van der Waals surface area contributed by atoms with Gasteiger partial charge in [0, 0.05) is 13.6 Å². The summed E-state index contributed by atoms with van der Waals surface area (Å²) in [5, 5.41) is 10.4. The standard InChI is InChI=1S/C15H21N3O/c1-17-11-16-13-9-12(5-6-14(13)17)15(19)10-18-7-3-2-4-8-18/h5-6,9,11,15,19H,2-4,7-8,10H2,1H3. The summed E-state index contributed by atoms with van der Waals surface area (Å²) in [6.07, 6.45) is 5.24. The molecular weight excluding hydrogens is 238 g/mol. The van der Waals surface area contributed by atoms with Crippen LogP contribution in [0.5, 0.6) is 0 Å². The second-order valence-electron chi connectivity index (χ2n) is 5.48. The van der Waals surface area contributed by atoms with E-state index in [1.54, 1.807) is 0 Å². The van der Waals surface area contributed by atoms with Gasteiger partial charge in [-0.2, -0.15) is 0 Å². The highest BCUT2D eigenvalue weighted by Gasteiger charge is 2.16. The Kier molecular flexibility index (Phi) is 3.53. The fraction of sp³-hybridized carbons (Fsp3) is 0.533. The number of nitrogens with zero attached hydrogens (tertiary/aromatic N) is 3. The van der Waals surface area contributed by atoms with Crippen LogP contribution >= 0.6 is 0 Å². The van der Waals surface area contributed by atoms with Gasteiger partial charge in [0.15, 0.2) is 0 Å². The number of β-amino-alcohol motifs (C(OH)–C–C–N with tert-alkyl or cyclic N) is 1. The molecule has 2 heterocycles. The second-order valence-corrected chi connectivity index (χ2v) is 5.48. The lowest BCUT2D eigenvalue weighted by molar-refractivity contribution is 0.102. The number of fused-ring (bicyclic) bond motifs is 1. The van der Waals surface area contributed by atoms with Gasteiger partial charge in [0.05, 0.1) is 23.5 Å². The number of piperidine rings is 1. The Morgan fingerprint density at radius 1 is 1.26 bits per heavy atom. The lowest BCUT2D eigenvalue weighted by Crippen LogP contribution is -2.33. The Balaban J connectivity index is 1.75. The van der Waals surface area contributed by atoms with Crippen molar-refractivity contribution in [1.82, 2.24) is 14.5 Å². The van der Waals surface area contributed by atoms with Crippen molar-refractivity contribution in [3.05, 3.63) is 30.1 Å². The van der Waals surface area contributed by atoms with Crippen molar-refractivity contribution in [3.63, 3.8) is 0 Å². The highest BCUT2D eigenvalue weighted by atomic mass is 16.3. The summed E-state index contributed by atoms with van der Waals surface area (Å²) in [5.74, 6) is 0. The smallest absolute Gasteiger partial charge is 0.0955 e. The minimum absolute atomic E-state index is 0.412. The average molecular weight is 259 g/mol. The number of rotatable bonds is 3. The van der Waals surface area contributed by atoms with Crippen molar-refractivity contribution in [2.45, 2.75) is 25.4 Å². The van der Waals surface area contributed by atoms with E-state index in [1.807, 2.05) is 36.1 Å². The van der Waals surface area contributed by atoms with Gasteiger partial charge in [-0.1, -0.05) is 12.5 Å². The molecule has 3 rings (SSSR count). The molecular formula is C15H21N3O. The number of benzene rings is 1. The third kappa shape index (κ3) is 2.65. The Hall–Kier alpha value is -1.39. The van der Waals surface area contributed by atoms with Gasteiger partial charge in [0.2, 0.25) is 0 Å². The molecule has 1 N–H and O–H groups in total. The lowest BCUT2D eigenvalue weighted by atomic mass is 10.1. The molecule has 4 nitrogen and oxygen atoms in total. The second kappa shape index (κ2) is 5.31. The maximum absolute atomic E-state index is 10.4. The number of aliphatic hydroxyl groups excluding tert-OH is 1. The number of hydrogen-bond donors (Lipinski definition) is 1. The topological polar surface area (TPSA) is 41.3 Å². The highest BCUT2D eigenvalue weighted by Crippen LogP contribution is 2.21. The molecule has 0 bridgehead atoms. The van der Waals surface area contributed by atoms with E-state index in [-0.39, 0.29) is 0 Å². The van der Waals surface area contributed by atoms with Gasteiger partial charge in [-0.15, -0.1) is 0 Å². The van der Waals surface area contributed by atoms with Gasteiger partial charge in [-0.3, -0.25) is 0 Å². The third-order valence-corrected chi connectivity index (χ3v) is 4.01. The van der Waals surface area contributed by atoms with E-state index < -0.39 is 6.10 Å². The average Bonchev–Trinajstić information content (AvgIpc) is 2.81. The number of aromatic nitrogens is 2. The van der Waals surface area contributed by atoms with Crippen LogP contribution in [0.25, 0.3) is 11.0 Å². The van der Waals surface area contributed by atoms with Crippen LogP contribution < -0.4 is 0 Å². The SMILES string of the molecule is Cn1cnc2cc(C(O)CN3CCCCC3)ccc21. The van der Waals surface area contributed by atoms with Crippen molar-refractivity contribution in [3.8, 4) is 0 Å². The van der Waals surface area contributed by atoms with E-state index in [9.17, 15) is 5.11 Å². The number of aliphatic hydroxyl groups is 1. The number of aryl methyl sites for hydroxylation is 1. The van der Waals surface area contributed by atoms with E-state index in [0.29, 0.717) is 0 Å². The number of imidazole rings is 1.